The highest BCUT2D eigenvalue weighted by molar-refractivity contribution is 7.28. The summed E-state index contributed by atoms with van der Waals surface area (Å²) in [6.45, 7) is 0. The van der Waals surface area contributed by atoms with E-state index in [1.807, 2.05) is 11.3 Å². The van der Waals surface area contributed by atoms with E-state index in [1.165, 1.54) is 91.8 Å². The highest BCUT2D eigenvalue weighted by Gasteiger charge is 2.22. The molecule has 0 aliphatic heterocycles. The molecule has 3 nitrogen and oxygen atoms in total. The van der Waals surface area contributed by atoms with Crippen LogP contribution in [0.15, 0.2) is 132 Å². The first-order valence-corrected chi connectivity index (χ1v) is 20.5. The summed E-state index contributed by atoms with van der Waals surface area (Å²) in [5, 5.41) is 3.79. The van der Waals surface area contributed by atoms with Gasteiger partial charge in [-0.25, -0.2) is 9.97 Å². The molecule has 0 aliphatic carbocycles. The van der Waals surface area contributed by atoms with Gasteiger partial charge in [-0.3, -0.25) is 0 Å². The van der Waals surface area contributed by atoms with Gasteiger partial charge >= 0.3 is 0 Å². The second-order valence-corrected chi connectivity index (χ2v) is 16.6. The van der Waals surface area contributed by atoms with Crippen LogP contribution < -0.4 is 38.2 Å². The van der Waals surface area contributed by atoms with Crippen molar-refractivity contribution >= 4 is 147 Å². The normalized spacial score (nSPS) is 11.6. The average molecular weight is 740 g/mol. The van der Waals surface area contributed by atoms with Crippen LogP contribution in [0.1, 0.15) is 0 Å². The summed E-state index contributed by atoms with van der Waals surface area (Å²) in [7, 11) is 16.0. The monoisotopic (exact) mass is 740 g/mol. The fourth-order valence-electron chi connectivity index (χ4n) is 8.83. The predicted octanol–water partition coefficient (Wildman–Crippen LogP) is 0.888. The zero-order valence-electron chi connectivity index (χ0n) is 33.3. The zero-order chi connectivity index (χ0) is 39.1. The van der Waals surface area contributed by atoms with Crippen LogP contribution in [-0.4, -0.2) is 64.9 Å². The molecule has 10 aromatic rings. The maximum atomic E-state index is 6.61. The first-order chi connectivity index (χ1) is 27.7. The van der Waals surface area contributed by atoms with Crippen molar-refractivity contribution in [2.45, 2.75) is 0 Å². The van der Waals surface area contributed by atoms with Gasteiger partial charge in [0.05, 0.1) is 0 Å². The lowest BCUT2D eigenvalue weighted by molar-refractivity contribution is 0.667. The Labute approximate surface area is 342 Å². The lowest BCUT2D eigenvalue weighted by Gasteiger charge is -2.17. The number of hydrogen-bond acceptors (Lipinski definition) is 4. The second kappa shape index (κ2) is 13.6. The minimum absolute atomic E-state index is 0.704. The number of benzene rings is 7. The maximum Gasteiger partial charge on any atom is 0.180 e. The Morgan fingerprint density at radius 1 is 0.421 bits per heavy atom. The maximum absolute atomic E-state index is 6.61. The molecule has 0 saturated heterocycles. The van der Waals surface area contributed by atoms with Gasteiger partial charge in [-0.2, -0.15) is 0 Å². The number of thiophene rings is 1. The summed E-state index contributed by atoms with van der Waals surface area (Å²) >= 11 is 1.95. The van der Waals surface area contributed by atoms with Crippen molar-refractivity contribution in [2.75, 3.05) is 0 Å². The van der Waals surface area contributed by atoms with Gasteiger partial charge in [-0.15, -0.1) is 27.7 Å². The standard InChI is InChI=1S/C46H35B7N2OS/c47-35-32(45-33(36(48)38(35)50)34-37(49)39(51)40(52)41(53)46(34)57-45)28-10-5-11-29(19-28)42-44-43(55-21-54-42)30-20-27(16-17-31(30)56-44)26-9-4-8-25(18-26)24-14-12-23(13-15-24)22-6-2-1-3-7-22/h1-21H,47-53H2. The van der Waals surface area contributed by atoms with Crippen molar-refractivity contribution in [3.05, 3.63) is 128 Å². The molecule has 0 atom stereocenters. The molecule has 0 spiro atoms. The van der Waals surface area contributed by atoms with Crippen molar-refractivity contribution in [3.63, 3.8) is 0 Å². The van der Waals surface area contributed by atoms with Crippen LogP contribution in [0.2, 0.25) is 0 Å². The van der Waals surface area contributed by atoms with E-state index in [0.29, 0.717) is 5.58 Å². The van der Waals surface area contributed by atoms with Gasteiger partial charge in [0.25, 0.3) is 0 Å². The lowest BCUT2D eigenvalue weighted by Crippen LogP contribution is -2.47. The Morgan fingerprint density at radius 2 is 0.947 bits per heavy atom. The molecule has 0 amide bonds. The second-order valence-electron chi connectivity index (χ2n) is 15.6. The third kappa shape index (κ3) is 5.66. The SMILES string of the molecule is Bc1c(B)c(B)c2c(sc3c(-c4cccc(-c5ncnc6c5oc5ccc(-c7cccc(-c8ccc(-c9ccccc9)cc8)c7)cc56)c4)c(B)c(B)c(B)c32)c1B. The minimum Gasteiger partial charge on any atom is -0.452 e. The van der Waals surface area contributed by atoms with Gasteiger partial charge in [0.2, 0.25) is 0 Å². The van der Waals surface area contributed by atoms with Crippen molar-refractivity contribution in [1.29, 1.82) is 0 Å². The smallest absolute Gasteiger partial charge is 0.180 e. The number of aromatic nitrogens is 2. The van der Waals surface area contributed by atoms with Crippen molar-refractivity contribution < 1.29 is 4.42 Å². The summed E-state index contributed by atoms with van der Waals surface area (Å²) in [6, 6.07) is 43.3. The lowest BCUT2D eigenvalue weighted by atomic mass is 9.64. The highest BCUT2D eigenvalue weighted by atomic mass is 32.1. The molecule has 0 saturated carbocycles. The molecule has 57 heavy (non-hydrogen) atoms. The molecule has 3 aromatic heterocycles. The zero-order valence-corrected chi connectivity index (χ0v) is 34.2. The Hall–Kier alpha value is -5.91. The quantitative estimate of drug-likeness (QED) is 0.247. The molecule has 0 fully saturated rings. The summed E-state index contributed by atoms with van der Waals surface area (Å²) in [6.07, 6.45) is 1.67. The third-order valence-electron chi connectivity index (χ3n) is 12.6. The Morgan fingerprint density at radius 3 is 1.68 bits per heavy atom. The van der Waals surface area contributed by atoms with Crippen LogP contribution >= 0.6 is 11.3 Å². The first kappa shape index (κ1) is 35.5. The Kier molecular flexibility index (Phi) is 8.49. The van der Waals surface area contributed by atoms with Gasteiger partial charge < -0.3 is 4.42 Å². The number of rotatable bonds is 5. The van der Waals surface area contributed by atoms with E-state index in [0.717, 1.165) is 38.9 Å². The van der Waals surface area contributed by atoms with E-state index in [9.17, 15) is 0 Å². The molecule has 3 heterocycles. The molecule has 0 aliphatic rings. The van der Waals surface area contributed by atoms with Crippen molar-refractivity contribution in [3.8, 4) is 55.8 Å². The molecule has 10 rings (SSSR count). The average Bonchev–Trinajstić information content (AvgIpc) is 3.84. The summed E-state index contributed by atoms with van der Waals surface area (Å²) in [4.78, 5) is 9.65. The fraction of sp³-hybridized carbons (Fsp3) is 0. The molecule has 0 unspecified atom stereocenters. The molecule has 0 bridgehead atoms. The van der Waals surface area contributed by atoms with Crippen LogP contribution in [0, 0.1) is 0 Å². The first-order valence-electron chi connectivity index (χ1n) is 19.6. The fourth-order valence-corrected chi connectivity index (χ4v) is 10.4. The van der Waals surface area contributed by atoms with Gasteiger partial charge in [-0.05, 0) is 79.5 Å². The molecular weight excluding hydrogens is 704 g/mol. The number of nitrogens with zero attached hydrogens (tertiary/aromatic N) is 2. The van der Waals surface area contributed by atoms with Crippen LogP contribution in [0.4, 0.5) is 0 Å². The number of hydrogen-bond donors (Lipinski definition) is 0. The van der Waals surface area contributed by atoms with Crippen molar-refractivity contribution in [1.82, 2.24) is 9.97 Å². The van der Waals surface area contributed by atoms with Crippen LogP contribution in [-0.2, 0) is 0 Å². The predicted molar refractivity (Wildman–Crippen MR) is 267 cm³/mol. The van der Waals surface area contributed by atoms with E-state index < -0.39 is 0 Å². The molecule has 262 valence electrons. The summed E-state index contributed by atoms with van der Waals surface area (Å²) in [5.74, 6) is 0. The topological polar surface area (TPSA) is 38.9 Å². The summed E-state index contributed by atoms with van der Waals surface area (Å²) in [5.41, 5.74) is 23.3. The number of fused-ring (bicyclic) bond motifs is 6. The van der Waals surface area contributed by atoms with Gasteiger partial charge in [-0.1, -0.05) is 119 Å². The summed E-state index contributed by atoms with van der Waals surface area (Å²) < 4.78 is 9.37. The van der Waals surface area contributed by atoms with Crippen LogP contribution in [0.3, 0.4) is 0 Å². The highest BCUT2D eigenvalue weighted by Crippen LogP contribution is 2.40. The molecule has 0 radical (unpaired) electrons. The van der Waals surface area contributed by atoms with E-state index >= 15 is 0 Å². The largest absolute Gasteiger partial charge is 0.452 e. The van der Waals surface area contributed by atoms with Crippen LogP contribution in [0.5, 0.6) is 0 Å². The van der Waals surface area contributed by atoms with E-state index in [1.54, 1.807) is 6.33 Å². The van der Waals surface area contributed by atoms with E-state index in [2.05, 4.69) is 176 Å². The van der Waals surface area contributed by atoms with Gasteiger partial charge in [0.15, 0.2) is 5.58 Å². The Balaban J connectivity index is 1.06. The van der Waals surface area contributed by atoms with E-state index in [4.69, 9.17) is 14.4 Å². The van der Waals surface area contributed by atoms with Gasteiger partial charge in [0.1, 0.15) is 78.0 Å². The van der Waals surface area contributed by atoms with Gasteiger partial charge in [0, 0.05) is 20.3 Å². The van der Waals surface area contributed by atoms with Crippen molar-refractivity contribution in [2.24, 2.45) is 0 Å². The minimum atomic E-state index is 0.704. The Bertz CT molecular complexity index is 3270. The molecule has 11 heteroatoms. The third-order valence-corrected chi connectivity index (χ3v) is 13.9. The molecular formula is C46H35B7N2OS. The van der Waals surface area contributed by atoms with E-state index in [-0.39, 0.29) is 0 Å². The molecule has 0 N–H and O–H groups in total. The number of furan rings is 1. The van der Waals surface area contributed by atoms with Crippen LogP contribution in [0.25, 0.3) is 98.0 Å². The molecule has 7 aromatic carbocycles.